The molecule has 3 aromatic rings. The number of nitrogens with one attached hydrogen (secondary N) is 2. The molecule has 0 bridgehead atoms. The topological polar surface area (TPSA) is 103 Å². The second-order valence-corrected chi connectivity index (χ2v) is 7.04. The SMILES string of the molecule is Cc1ccnc(Nc2cccc(-c3ccnc(N4CCC(NC(=O)O)C4)c3)n2)c1. The Kier molecular flexibility index (Phi) is 5.24. The quantitative estimate of drug-likeness (QED) is 0.613. The predicted octanol–water partition coefficient (Wildman–Crippen LogP) is 3.44. The first kappa shape index (κ1) is 18.7. The summed E-state index contributed by atoms with van der Waals surface area (Å²) in [5.74, 6) is 2.28. The van der Waals surface area contributed by atoms with Gasteiger partial charge in [-0.2, -0.15) is 0 Å². The Morgan fingerprint density at radius 1 is 1.14 bits per heavy atom. The van der Waals surface area contributed by atoms with Gasteiger partial charge in [-0.05, 0) is 55.3 Å². The zero-order chi connectivity index (χ0) is 20.2. The molecule has 0 radical (unpaired) electrons. The molecule has 0 aliphatic carbocycles. The minimum Gasteiger partial charge on any atom is -0.465 e. The Labute approximate surface area is 168 Å². The van der Waals surface area contributed by atoms with Crippen molar-refractivity contribution in [3.05, 3.63) is 60.4 Å². The predicted molar refractivity (Wildman–Crippen MR) is 112 cm³/mol. The minimum absolute atomic E-state index is 0.0783. The van der Waals surface area contributed by atoms with Crippen LogP contribution in [0.3, 0.4) is 0 Å². The van der Waals surface area contributed by atoms with Crippen molar-refractivity contribution < 1.29 is 9.90 Å². The van der Waals surface area contributed by atoms with Gasteiger partial charge in [0.2, 0.25) is 0 Å². The molecule has 1 saturated heterocycles. The van der Waals surface area contributed by atoms with Crippen molar-refractivity contribution in [2.24, 2.45) is 0 Å². The molecule has 29 heavy (non-hydrogen) atoms. The monoisotopic (exact) mass is 390 g/mol. The van der Waals surface area contributed by atoms with Crippen LogP contribution in [0.2, 0.25) is 0 Å². The number of aromatic nitrogens is 3. The molecule has 148 valence electrons. The van der Waals surface area contributed by atoms with Gasteiger partial charge in [0.1, 0.15) is 17.5 Å². The van der Waals surface area contributed by atoms with Gasteiger partial charge in [-0.1, -0.05) is 6.07 Å². The summed E-state index contributed by atoms with van der Waals surface area (Å²) in [5, 5.41) is 14.7. The van der Waals surface area contributed by atoms with Gasteiger partial charge in [0.15, 0.2) is 0 Å². The average Bonchev–Trinajstić information content (AvgIpc) is 3.16. The molecule has 3 N–H and O–H groups in total. The first-order valence-electron chi connectivity index (χ1n) is 9.44. The van der Waals surface area contributed by atoms with Crippen molar-refractivity contribution in [1.29, 1.82) is 0 Å². The lowest BCUT2D eigenvalue weighted by Crippen LogP contribution is -2.36. The highest BCUT2D eigenvalue weighted by molar-refractivity contribution is 5.67. The normalized spacial score (nSPS) is 15.9. The van der Waals surface area contributed by atoms with Crippen LogP contribution >= 0.6 is 0 Å². The first-order chi connectivity index (χ1) is 14.1. The van der Waals surface area contributed by atoms with Crippen LogP contribution in [0.1, 0.15) is 12.0 Å². The van der Waals surface area contributed by atoms with Gasteiger partial charge in [-0.25, -0.2) is 19.7 Å². The van der Waals surface area contributed by atoms with Crippen molar-refractivity contribution in [2.45, 2.75) is 19.4 Å². The molecule has 1 aliphatic heterocycles. The number of hydrogen-bond donors (Lipinski definition) is 3. The molecule has 0 spiro atoms. The Morgan fingerprint density at radius 3 is 2.83 bits per heavy atom. The van der Waals surface area contributed by atoms with Crippen LogP contribution in [0, 0.1) is 6.92 Å². The number of carboxylic acid groups (broad SMARTS) is 1. The smallest absolute Gasteiger partial charge is 0.404 e. The lowest BCUT2D eigenvalue weighted by molar-refractivity contribution is 0.191. The summed E-state index contributed by atoms with van der Waals surface area (Å²) in [7, 11) is 0. The highest BCUT2D eigenvalue weighted by atomic mass is 16.4. The first-order valence-corrected chi connectivity index (χ1v) is 9.44. The third-order valence-electron chi connectivity index (χ3n) is 4.80. The number of amides is 1. The number of hydrogen-bond acceptors (Lipinski definition) is 6. The molecule has 8 heteroatoms. The van der Waals surface area contributed by atoms with Gasteiger partial charge in [0, 0.05) is 31.0 Å². The molecule has 3 aromatic heterocycles. The Morgan fingerprint density at radius 2 is 2.00 bits per heavy atom. The van der Waals surface area contributed by atoms with E-state index in [1.54, 1.807) is 12.4 Å². The number of aryl methyl sites for hydroxylation is 1. The van der Waals surface area contributed by atoms with Gasteiger partial charge >= 0.3 is 6.09 Å². The molecule has 1 aliphatic rings. The number of carbonyl (C=O) groups is 1. The maximum Gasteiger partial charge on any atom is 0.404 e. The van der Waals surface area contributed by atoms with Gasteiger partial charge < -0.3 is 20.6 Å². The fourth-order valence-electron chi connectivity index (χ4n) is 3.41. The van der Waals surface area contributed by atoms with Crippen LogP contribution in [-0.4, -0.2) is 45.3 Å². The maximum absolute atomic E-state index is 10.9. The summed E-state index contributed by atoms with van der Waals surface area (Å²) in [4.78, 5) is 26.4. The van der Waals surface area contributed by atoms with Gasteiger partial charge in [0.05, 0.1) is 11.7 Å². The van der Waals surface area contributed by atoms with E-state index in [0.717, 1.165) is 41.4 Å². The third kappa shape index (κ3) is 4.60. The number of pyridine rings is 3. The fourth-order valence-corrected chi connectivity index (χ4v) is 3.41. The average molecular weight is 390 g/mol. The molecule has 0 aromatic carbocycles. The molecular weight excluding hydrogens is 368 g/mol. The van der Waals surface area contributed by atoms with Crippen LogP contribution in [0.15, 0.2) is 54.9 Å². The molecule has 0 saturated carbocycles. The molecule has 1 fully saturated rings. The highest BCUT2D eigenvalue weighted by Gasteiger charge is 2.24. The van der Waals surface area contributed by atoms with E-state index in [4.69, 9.17) is 10.1 Å². The van der Waals surface area contributed by atoms with Crippen LogP contribution in [-0.2, 0) is 0 Å². The van der Waals surface area contributed by atoms with Gasteiger partial charge in [-0.15, -0.1) is 0 Å². The van der Waals surface area contributed by atoms with E-state index in [-0.39, 0.29) is 6.04 Å². The molecular formula is C21H22N6O2. The number of rotatable bonds is 5. The summed E-state index contributed by atoms with van der Waals surface area (Å²) < 4.78 is 0. The van der Waals surface area contributed by atoms with E-state index in [0.29, 0.717) is 12.4 Å². The van der Waals surface area contributed by atoms with Crippen LogP contribution in [0.5, 0.6) is 0 Å². The third-order valence-corrected chi connectivity index (χ3v) is 4.80. The van der Waals surface area contributed by atoms with Crippen LogP contribution in [0.4, 0.5) is 22.2 Å². The fraction of sp³-hybridized carbons (Fsp3) is 0.238. The van der Waals surface area contributed by atoms with Gasteiger partial charge in [0.25, 0.3) is 0 Å². The zero-order valence-corrected chi connectivity index (χ0v) is 16.0. The van der Waals surface area contributed by atoms with E-state index >= 15 is 0 Å². The van der Waals surface area contributed by atoms with Gasteiger partial charge in [-0.3, -0.25) is 0 Å². The maximum atomic E-state index is 10.9. The zero-order valence-electron chi connectivity index (χ0n) is 16.0. The molecule has 8 nitrogen and oxygen atoms in total. The van der Waals surface area contributed by atoms with Crippen LogP contribution < -0.4 is 15.5 Å². The molecule has 4 heterocycles. The number of anilines is 3. The lowest BCUT2D eigenvalue weighted by Gasteiger charge is -2.18. The standard InChI is InChI=1S/C21H22N6O2/c1-14-5-8-22-19(11-14)26-18-4-2-3-17(25-18)15-6-9-23-20(12-15)27-10-7-16(13-27)24-21(28)29/h2-6,8-9,11-12,16,24H,7,10,13H2,1H3,(H,28,29)(H,22,25,26). The Bertz CT molecular complexity index is 1030. The summed E-state index contributed by atoms with van der Waals surface area (Å²) in [6.45, 7) is 3.39. The van der Waals surface area contributed by atoms with E-state index < -0.39 is 6.09 Å². The molecule has 1 unspecified atom stereocenters. The lowest BCUT2D eigenvalue weighted by atomic mass is 10.1. The molecule has 4 rings (SSSR count). The summed E-state index contributed by atoms with van der Waals surface area (Å²) >= 11 is 0. The number of nitrogens with zero attached hydrogens (tertiary/aromatic N) is 4. The van der Waals surface area contributed by atoms with E-state index in [1.807, 2.05) is 49.4 Å². The largest absolute Gasteiger partial charge is 0.465 e. The molecule has 1 amide bonds. The van der Waals surface area contributed by atoms with E-state index in [2.05, 4.69) is 25.5 Å². The summed E-state index contributed by atoms with van der Waals surface area (Å²) in [6.07, 6.45) is 3.29. The summed E-state index contributed by atoms with van der Waals surface area (Å²) in [5.41, 5.74) is 2.90. The second kappa shape index (κ2) is 8.14. The second-order valence-electron chi connectivity index (χ2n) is 7.04. The van der Waals surface area contributed by atoms with E-state index in [9.17, 15) is 4.79 Å². The Balaban J connectivity index is 1.52. The van der Waals surface area contributed by atoms with Crippen molar-refractivity contribution in [3.8, 4) is 11.3 Å². The summed E-state index contributed by atoms with van der Waals surface area (Å²) in [6, 6.07) is 13.5. The van der Waals surface area contributed by atoms with E-state index in [1.165, 1.54) is 0 Å². The van der Waals surface area contributed by atoms with Crippen molar-refractivity contribution in [2.75, 3.05) is 23.3 Å². The minimum atomic E-state index is -0.991. The molecule has 1 atom stereocenters. The highest BCUT2D eigenvalue weighted by Crippen LogP contribution is 2.25. The van der Waals surface area contributed by atoms with Crippen molar-refractivity contribution >= 4 is 23.5 Å². The Hall–Kier alpha value is -3.68. The van der Waals surface area contributed by atoms with Crippen molar-refractivity contribution in [1.82, 2.24) is 20.3 Å². The van der Waals surface area contributed by atoms with Crippen molar-refractivity contribution in [3.63, 3.8) is 0 Å². The van der Waals surface area contributed by atoms with Crippen LogP contribution in [0.25, 0.3) is 11.3 Å².